The zero-order chi connectivity index (χ0) is 28.1. The van der Waals surface area contributed by atoms with E-state index in [9.17, 15) is 14.4 Å². The van der Waals surface area contributed by atoms with Crippen molar-refractivity contribution in [2.45, 2.75) is 6.61 Å². The van der Waals surface area contributed by atoms with E-state index in [-0.39, 0.29) is 11.5 Å². The molecular weight excluding hydrogens is 631 g/mol. The van der Waals surface area contributed by atoms with Crippen LogP contribution in [0.25, 0.3) is 6.08 Å². The van der Waals surface area contributed by atoms with Crippen molar-refractivity contribution >= 4 is 79.7 Å². The van der Waals surface area contributed by atoms with Gasteiger partial charge in [-0.25, -0.2) is 0 Å². The third-order valence-corrected chi connectivity index (χ3v) is 7.83. The van der Waals surface area contributed by atoms with Gasteiger partial charge >= 0.3 is 0 Å². The van der Waals surface area contributed by atoms with Crippen LogP contribution < -0.4 is 19.5 Å². The molecule has 8 nitrogen and oxygen atoms in total. The number of hydrogen-bond acceptors (Lipinski definition) is 7. The first kappa shape index (κ1) is 28.8. The van der Waals surface area contributed by atoms with Gasteiger partial charge in [0.05, 0.1) is 29.2 Å². The van der Waals surface area contributed by atoms with Crippen LogP contribution in [0.1, 0.15) is 11.1 Å². The molecule has 0 aromatic heterocycles. The highest BCUT2D eigenvalue weighted by Gasteiger charge is 2.36. The average Bonchev–Trinajstić information content (AvgIpc) is 3.18. The maximum absolute atomic E-state index is 13.0. The summed E-state index contributed by atoms with van der Waals surface area (Å²) in [6, 6.07) is 15.3. The largest absolute Gasteiger partial charge is 0.497 e. The van der Waals surface area contributed by atoms with Gasteiger partial charge in [-0.3, -0.25) is 19.3 Å². The quantitative estimate of drug-likeness (QED) is 0.248. The van der Waals surface area contributed by atoms with Gasteiger partial charge in [0.25, 0.3) is 11.1 Å². The highest BCUT2D eigenvalue weighted by Crippen LogP contribution is 2.38. The van der Waals surface area contributed by atoms with Crippen molar-refractivity contribution < 1.29 is 28.6 Å². The van der Waals surface area contributed by atoms with Crippen LogP contribution in [0.5, 0.6) is 17.2 Å². The van der Waals surface area contributed by atoms with Gasteiger partial charge < -0.3 is 19.5 Å². The fourth-order valence-electron chi connectivity index (χ4n) is 3.52. The van der Waals surface area contributed by atoms with Crippen LogP contribution in [0.2, 0.25) is 10.0 Å². The molecule has 4 rings (SSSR count). The summed E-state index contributed by atoms with van der Waals surface area (Å²) in [7, 11) is 3.03. The van der Waals surface area contributed by atoms with Crippen LogP contribution in [-0.4, -0.2) is 42.7 Å². The number of amides is 3. The summed E-state index contributed by atoms with van der Waals surface area (Å²) in [5, 5.41) is 3.00. The number of methoxy groups -OCH3 is 2. The number of carbonyl (C=O) groups is 3. The second-order valence-corrected chi connectivity index (χ2v) is 10.8. The first-order valence-corrected chi connectivity index (χ1v) is 13.7. The predicted octanol–water partition coefficient (Wildman–Crippen LogP) is 7.03. The molecule has 0 bridgehead atoms. The predicted molar refractivity (Wildman–Crippen MR) is 156 cm³/mol. The second kappa shape index (κ2) is 12.8. The van der Waals surface area contributed by atoms with E-state index in [0.29, 0.717) is 43.0 Å². The summed E-state index contributed by atoms with van der Waals surface area (Å²) in [6.45, 7) is -0.198. The van der Waals surface area contributed by atoms with Crippen molar-refractivity contribution in [3.8, 4) is 17.2 Å². The van der Waals surface area contributed by atoms with Gasteiger partial charge in [0, 0.05) is 10.2 Å². The Morgan fingerprint density at radius 3 is 2.41 bits per heavy atom. The Balaban J connectivity index is 1.45. The van der Waals surface area contributed by atoms with Crippen molar-refractivity contribution in [1.82, 2.24) is 4.90 Å². The first-order chi connectivity index (χ1) is 18.7. The summed E-state index contributed by atoms with van der Waals surface area (Å²) in [5.41, 5.74) is 1.92. The SMILES string of the molecule is COc1ccc(NC(=O)CN2C(=O)S/C(=C/c3cc(OC)c(OCc4ccc(Cl)c(Cl)c4)cc3Br)C2=O)cc1. The van der Waals surface area contributed by atoms with Crippen molar-refractivity contribution in [2.24, 2.45) is 0 Å². The molecule has 202 valence electrons. The number of benzene rings is 3. The molecule has 3 aromatic carbocycles. The Hall–Kier alpha value is -3.18. The molecule has 12 heteroatoms. The Bertz CT molecular complexity index is 1470. The number of imide groups is 1. The zero-order valence-corrected chi connectivity index (χ0v) is 24.5. The van der Waals surface area contributed by atoms with E-state index in [2.05, 4.69) is 21.2 Å². The molecule has 39 heavy (non-hydrogen) atoms. The summed E-state index contributed by atoms with van der Waals surface area (Å²) in [5.74, 6) is 0.437. The summed E-state index contributed by atoms with van der Waals surface area (Å²) < 4.78 is 17.1. The zero-order valence-electron chi connectivity index (χ0n) is 20.6. The molecule has 3 amide bonds. The van der Waals surface area contributed by atoms with Crippen LogP contribution in [0.15, 0.2) is 64.0 Å². The number of anilines is 1. The number of rotatable bonds is 9. The number of nitrogens with one attached hydrogen (secondary N) is 1. The molecule has 1 fully saturated rings. The minimum Gasteiger partial charge on any atom is -0.497 e. The Labute approximate surface area is 247 Å². The number of nitrogens with zero attached hydrogens (tertiary/aromatic N) is 1. The molecule has 3 aromatic rings. The highest BCUT2D eigenvalue weighted by atomic mass is 79.9. The van der Waals surface area contributed by atoms with Gasteiger partial charge in [-0.2, -0.15) is 0 Å². The van der Waals surface area contributed by atoms with Crippen LogP contribution in [0, 0.1) is 0 Å². The molecule has 0 aliphatic carbocycles. The van der Waals surface area contributed by atoms with Crippen LogP contribution in [0.3, 0.4) is 0 Å². The average molecular weight is 652 g/mol. The van der Waals surface area contributed by atoms with Crippen LogP contribution >= 0.6 is 50.9 Å². The van der Waals surface area contributed by atoms with Gasteiger partial charge in [0.2, 0.25) is 5.91 Å². The number of halogens is 3. The van der Waals surface area contributed by atoms with Crippen LogP contribution in [0.4, 0.5) is 10.5 Å². The molecule has 1 heterocycles. The highest BCUT2D eigenvalue weighted by molar-refractivity contribution is 9.10. The number of carbonyl (C=O) groups excluding carboxylic acids is 3. The van der Waals surface area contributed by atoms with E-state index in [1.807, 2.05) is 0 Å². The third-order valence-electron chi connectivity index (χ3n) is 5.50. The van der Waals surface area contributed by atoms with Gasteiger partial charge in [-0.1, -0.05) is 45.2 Å². The molecular formula is C27H21BrCl2N2O6S. The summed E-state index contributed by atoms with van der Waals surface area (Å²) >= 11 is 16.3. The van der Waals surface area contributed by atoms with E-state index in [1.165, 1.54) is 14.2 Å². The molecule has 0 radical (unpaired) electrons. The smallest absolute Gasteiger partial charge is 0.294 e. The lowest BCUT2D eigenvalue weighted by Gasteiger charge is -2.14. The molecule has 1 N–H and O–H groups in total. The van der Waals surface area contributed by atoms with Gasteiger partial charge in [-0.05, 0) is 77.5 Å². The standard InChI is InChI=1S/C27H21BrCl2N2O6S/c1-36-18-6-4-17(5-7-18)31-25(33)13-32-26(34)24(39-27(32)35)11-16-10-22(37-2)23(12-19(16)28)38-14-15-3-8-20(29)21(30)9-15/h3-12H,13-14H2,1-2H3,(H,31,33)/b24-11+. The molecule has 1 saturated heterocycles. The lowest BCUT2D eigenvalue weighted by Crippen LogP contribution is -2.36. The van der Waals surface area contributed by atoms with Gasteiger partial charge in [0.15, 0.2) is 11.5 Å². The minimum atomic E-state index is -0.569. The van der Waals surface area contributed by atoms with E-state index in [4.69, 9.17) is 37.4 Å². The Morgan fingerprint density at radius 2 is 1.74 bits per heavy atom. The van der Waals surface area contributed by atoms with Crippen LogP contribution in [-0.2, 0) is 16.2 Å². The van der Waals surface area contributed by atoms with Crippen molar-refractivity contribution in [3.63, 3.8) is 0 Å². The normalized spacial score (nSPS) is 14.1. The fourth-order valence-corrected chi connectivity index (χ4v) is 5.11. The van der Waals surface area contributed by atoms with E-state index >= 15 is 0 Å². The van der Waals surface area contributed by atoms with Gasteiger partial charge in [-0.15, -0.1) is 0 Å². The van der Waals surface area contributed by atoms with Crippen molar-refractivity contribution in [2.75, 3.05) is 26.1 Å². The lowest BCUT2D eigenvalue weighted by molar-refractivity contribution is -0.127. The summed E-state index contributed by atoms with van der Waals surface area (Å²) in [6.07, 6.45) is 1.56. The Kier molecular flexibility index (Phi) is 9.45. The molecule has 0 atom stereocenters. The minimum absolute atomic E-state index is 0.171. The van der Waals surface area contributed by atoms with E-state index in [0.717, 1.165) is 22.2 Å². The topological polar surface area (TPSA) is 94.2 Å². The van der Waals surface area contributed by atoms with Crippen molar-refractivity contribution in [1.29, 1.82) is 0 Å². The summed E-state index contributed by atoms with van der Waals surface area (Å²) in [4.78, 5) is 39.1. The van der Waals surface area contributed by atoms with Gasteiger partial charge in [0.1, 0.15) is 18.9 Å². The maximum atomic E-state index is 13.0. The second-order valence-electron chi connectivity index (χ2n) is 8.11. The third kappa shape index (κ3) is 7.07. The molecule has 1 aliphatic heterocycles. The first-order valence-electron chi connectivity index (χ1n) is 11.3. The van der Waals surface area contributed by atoms with Crippen molar-refractivity contribution in [3.05, 3.63) is 85.1 Å². The fraction of sp³-hybridized carbons (Fsp3) is 0.148. The molecule has 0 spiro atoms. The molecule has 0 saturated carbocycles. The Morgan fingerprint density at radius 1 is 1.00 bits per heavy atom. The number of hydrogen-bond donors (Lipinski definition) is 1. The lowest BCUT2D eigenvalue weighted by atomic mass is 10.1. The van der Waals surface area contributed by atoms with E-state index in [1.54, 1.807) is 60.7 Å². The molecule has 0 unspecified atom stereocenters. The monoisotopic (exact) mass is 650 g/mol. The van der Waals surface area contributed by atoms with E-state index < -0.39 is 23.6 Å². The number of ether oxygens (including phenoxy) is 3. The molecule has 1 aliphatic rings. The maximum Gasteiger partial charge on any atom is 0.294 e. The number of thioether (sulfide) groups is 1.